The first-order valence-electron chi connectivity index (χ1n) is 7.56. The molecule has 0 amide bonds. The summed E-state index contributed by atoms with van der Waals surface area (Å²) in [6, 6.07) is 12.9. The number of aromatic nitrogens is 1. The average molecular weight is 344 g/mol. The van der Waals surface area contributed by atoms with Gasteiger partial charge in [0, 0.05) is 35.8 Å². The minimum Gasteiger partial charge on any atom is -0.493 e. The van der Waals surface area contributed by atoms with E-state index in [2.05, 4.69) is 10.3 Å². The van der Waals surface area contributed by atoms with Crippen LogP contribution in [0.3, 0.4) is 0 Å². The van der Waals surface area contributed by atoms with Crippen molar-refractivity contribution in [3.63, 3.8) is 0 Å². The summed E-state index contributed by atoms with van der Waals surface area (Å²) in [6.45, 7) is 1.17. The second-order valence-electron chi connectivity index (χ2n) is 5.13. The van der Waals surface area contributed by atoms with Crippen LogP contribution in [-0.2, 0) is 0 Å². The molecule has 3 aromatic rings. The number of nitrogens with zero attached hydrogens (tertiary/aromatic N) is 1. The Kier molecular flexibility index (Phi) is 5.03. The van der Waals surface area contributed by atoms with Gasteiger partial charge in [-0.05, 0) is 36.4 Å². The van der Waals surface area contributed by atoms with Crippen LogP contribution in [0.1, 0.15) is 0 Å². The van der Waals surface area contributed by atoms with Gasteiger partial charge in [0.25, 0.3) is 0 Å². The number of hydrogen-bond donors (Lipinski definition) is 2. The van der Waals surface area contributed by atoms with Crippen molar-refractivity contribution >= 4 is 28.2 Å². The molecule has 3 rings (SSSR count). The smallest absolute Gasteiger partial charge is 0.178 e. The van der Waals surface area contributed by atoms with Crippen molar-refractivity contribution < 1.29 is 9.47 Å². The summed E-state index contributed by atoms with van der Waals surface area (Å²) < 4.78 is 11.6. The van der Waals surface area contributed by atoms with Crippen LogP contribution in [0.5, 0.6) is 17.2 Å². The van der Waals surface area contributed by atoms with Crippen LogP contribution in [0.4, 0.5) is 5.69 Å². The third-order valence-electron chi connectivity index (χ3n) is 3.52. The quantitative estimate of drug-likeness (QED) is 0.706. The number of hydrogen-bond acceptors (Lipinski definition) is 5. The first-order chi connectivity index (χ1) is 11.7. The summed E-state index contributed by atoms with van der Waals surface area (Å²) >= 11 is 5.93. The second kappa shape index (κ2) is 7.38. The van der Waals surface area contributed by atoms with E-state index in [-0.39, 0.29) is 0 Å². The van der Waals surface area contributed by atoms with Gasteiger partial charge in [0.15, 0.2) is 11.5 Å². The summed E-state index contributed by atoms with van der Waals surface area (Å²) in [4.78, 5) is 4.47. The molecule has 1 heterocycles. The zero-order valence-electron chi connectivity index (χ0n) is 13.3. The SMILES string of the molecule is COc1cc(NCCN)c2ncccc2c1Oc1ccc(Cl)cc1. The van der Waals surface area contributed by atoms with Crippen LogP contribution in [0.25, 0.3) is 10.9 Å². The maximum Gasteiger partial charge on any atom is 0.178 e. The average Bonchev–Trinajstić information content (AvgIpc) is 2.62. The van der Waals surface area contributed by atoms with Crippen molar-refractivity contribution in [1.29, 1.82) is 0 Å². The van der Waals surface area contributed by atoms with E-state index >= 15 is 0 Å². The lowest BCUT2D eigenvalue weighted by molar-refractivity contribution is 0.381. The zero-order valence-corrected chi connectivity index (χ0v) is 14.0. The molecule has 0 saturated carbocycles. The Morgan fingerprint density at radius 2 is 2.00 bits per heavy atom. The minimum absolute atomic E-state index is 0.527. The molecule has 0 aliphatic heterocycles. The van der Waals surface area contributed by atoms with Gasteiger partial charge < -0.3 is 20.5 Å². The molecule has 3 N–H and O–H groups in total. The Labute approximate surface area is 145 Å². The summed E-state index contributed by atoms with van der Waals surface area (Å²) in [5.74, 6) is 1.90. The van der Waals surface area contributed by atoms with Crippen molar-refractivity contribution in [1.82, 2.24) is 4.98 Å². The van der Waals surface area contributed by atoms with E-state index < -0.39 is 0 Å². The second-order valence-corrected chi connectivity index (χ2v) is 5.56. The fourth-order valence-corrected chi connectivity index (χ4v) is 2.55. The molecule has 0 atom stereocenters. The van der Waals surface area contributed by atoms with Gasteiger partial charge in [0.05, 0.1) is 18.3 Å². The molecule has 124 valence electrons. The van der Waals surface area contributed by atoms with Gasteiger partial charge in [-0.2, -0.15) is 0 Å². The lowest BCUT2D eigenvalue weighted by atomic mass is 10.1. The Morgan fingerprint density at radius 1 is 1.21 bits per heavy atom. The van der Waals surface area contributed by atoms with Crippen LogP contribution in [-0.4, -0.2) is 25.2 Å². The number of rotatable bonds is 6. The lowest BCUT2D eigenvalue weighted by Gasteiger charge is -2.16. The Morgan fingerprint density at radius 3 is 2.71 bits per heavy atom. The Hall–Kier alpha value is -2.50. The number of ether oxygens (including phenoxy) is 2. The highest BCUT2D eigenvalue weighted by Gasteiger charge is 2.15. The van der Waals surface area contributed by atoms with Crippen LogP contribution < -0.4 is 20.5 Å². The molecule has 6 heteroatoms. The van der Waals surface area contributed by atoms with Gasteiger partial charge in [-0.1, -0.05) is 11.6 Å². The van der Waals surface area contributed by atoms with Crippen LogP contribution >= 0.6 is 11.6 Å². The minimum atomic E-state index is 0.527. The van der Waals surface area contributed by atoms with Crippen molar-refractivity contribution in [2.45, 2.75) is 0 Å². The third-order valence-corrected chi connectivity index (χ3v) is 3.77. The number of halogens is 1. The summed E-state index contributed by atoms with van der Waals surface area (Å²) in [6.07, 6.45) is 1.74. The van der Waals surface area contributed by atoms with E-state index in [1.165, 1.54) is 0 Å². The maximum atomic E-state index is 6.05. The topological polar surface area (TPSA) is 69.4 Å². The number of nitrogens with two attached hydrogens (primary N) is 1. The standard InChI is InChI=1S/C18H18ClN3O2/c1-23-16-11-15(21-10-8-20)17-14(3-2-9-22-17)18(16)24-13-6-4-12(19)5-7-13/h2-7,9,11,21H,8,10,20H2,1H3. The highest BCUT2D eigenvalue weighted by Crippen LogP contribution is 2.41. The number of pyridine rings is 1. The summed E-state index contributed by atoms with van der Waals surface area (Å²) in [5, 5.41) is 4.78. The van der Waals surface area contributed by atoms with Crippen molar-refractivity contribution in [2.75, 3.05) is 25.5 Å². The molecule has 2 aromatic carbocycles. The first-order valence-corrected chi connectivity index (χ1v) is 7.94. The molecule has 24 heavy (non-hydrogen) atoms. The number of methoxy groups -OCH3 is 1. The molecule has 0 bridgehead atoms. The zero-order chi connectivity index (χ0) is 16.9. The fraction of sp³-hybridized carbons (Fsp3) is 0.167. The van der Waals surface area contributed by atoms with E-state index in [0.717, 1.165) is 16.6 Å². The van der Waals surface area contributed by atoms with Gasteiger partial charge in [0.1, 0.15) is 5.75 Å². The monoisotopic (exact) mass is 343 g/mol. The highest BCUT2D eigenvalue weighted by molar-refractivity contribution is 6.30. The van der Waals surface area contributed by atoms with E-state index in [0.29, 0.717) is 35.4 Å². The summed E-state index contributed by atoms with van der Waals surface area (Å²) in [7, 11) is 1.61. The molecule has 0 unspecified atom stereocenters. The maximum absolute atomic E-state index is 6.05. The molecule has 0 fully saturated rings. The fourth-order valence-electron chi connectivity index (χ4n) is 2.42. The molecule has 0 aliphatic carbocycles. The number of anilines is 1. The van der Waals surface area contributed by atoms with Gasteiger partial charge in [-0.15, -0.1) is 0 Å². The molecular formula is C18H18ClN3O2. The van der Waals surface area contributed by atoms with E-state index in [9.17, 15) is 0 Å². The molecule has 1 aromatic heterocycles. The molecule has 0 spiro atoms. The van der Waals surface area contributed by atoms with E-state index in [1.807, 2.05) is 30.3 Å². The van der Waals surface area contributed by atoms with Crippen LogP contribution in [0.2, 0.25) is 5.02 Å². The van der Waals surface area contributed by atoms with Gasteiger partial charge in [0.2, 0.25) is 0 Å². The predicted molar refractivity (Wildman–Crippen MR) is 97.4 cm³/mol. The van der Waals surface area contributed by atoms with Gasteiger partial charge in [-0.25, -0.2) is 0 Å². The molecule has 0 radical (unpaired) electrons. The predicted octanol–water partition coefficient (Wildman–Crippen LogP) is 4.06. The van der Waals surface area contributed by atoms with Crippen LogP contribution in [0, 0.1) is 0 Å². The highest BCUT2D eigenvalue weighted by atomic mass is 35.5. The first kappa shape index (κ1) is 16.4. The lowest BCUT2D eigenvalue weighted by Crippen LogP contribution is -2.13. The normalized spacial score (nSPS) is 10.6. The Bertz CT molecular complexity index is 838. The van der Waals surface area contributed by atoms with Crippen molar-refractivity contribution in [3.8, 4) is 17.2 Å². The molecular weight excluding hydrogens is 326 g/mol. The summed E-state index contributed by atoms with van der Waals surface area (Å²) in [5.41, 5.74) is 7.24. The van der Waals surface area contributed by atoms with Gasteiger partial charge in [-0.3, -0.25) is 4.98 Å². The molecule has 5 nitrogen and oxygen atoms in total. The number of nitrogens with one attached hydrogen (secondary N) is 1. The third kappa shape index (κ3) is 3.37. The van der Waals surface area contributed by atoms with Crippen molar-refractivity contribution in [2.24, 2.45) is 5.73 Å². The molecule has 0 aliphatic rings. The number of benzene rings is 2. The number of fused-ring (bicyclic) bond motifs is 1. The van der Waals surface area contributed by atoms with Crippen molar-refractivity contribution in [3.05, 3.63) is 53.7 Å². The molecule has 0 saturated heterocycles. The Balaban J connectivity index is 2.10. The van der Waals surface area contributed by atoms with Gasteiger partial charge >= 0.3 is 0 Å². The van der Waals surface area contributed by atoms with E-state index in [1.54, 1.807) is 25.4 Å². The van der Waals surface area contributed by atoms with Crippen LogP contribution in [0.15, 0.2) is 48.7 Å². The largest absolute Gasteiger partial charge is 0.493 e. The van der Waals surface area contributed by atoms with E-state index in [4.69, 9.17) is 26.8 Å².